The quantitative estimate of drug-likeness (QED) is 0.743. The Hall–Kier alpha value is -1.31. The zero-order valence-electron chi connectivity index (χ0n) is 11.6. The minimum absolute atomic E-state index is 0.0141. The summed E-state index contributed by atoms with van der Waals surface area (Å²) in [6.07, 6.45) is 0. The van der Waals surface area contributed by atoms with Crippen LogP contribution < -0.4 is 4.74 Å². The van der Waals surface area contributed by atoms with Gasteiger partial charge in [0.1, 0.15) is 5.75 Å². The van der Waals surface area contributed by atoms with Gasteiger partial charge in [-0.25, -0.2) is 0 Å². The van der Waals surface area contributed by atoms with Crippen LogP contribution in [0, 0.1) is 5.92 Å². The van der Waals surface area contributed by atoms with E-state index >= 15 is 0 Å². The van der Waals surface area contributed by atoms with E-state index in [4.69, 9.17) is 4.74 Å². The van der Waals surface area contributed by atoms with Crippen LogP contribution in [0.5, 0.6) is 5.75 Å². The molecule has 0 aliphatic heterocycles. The highest BCUT2D eigenvalue weighted by molar-refractivity contribution is 5.97. The zero-order chi connectivity index (χ0) is 13.2. The fourth-order valence-electron chi connectivity index (χ4n) is 1.80. The summed E-state index contributed by atoms with van der Waals surface area (Å²) in [7, 11) is 1.65. The van der Waals surface area contributed by atoms with Crippen LogP contribution in [-0.2, 0) is 5.41 Å². The van der Waals surface area contributed by atoms with E-state index in [-0.39, 0.29) is 17.1 Å². The average Bonchev–Trinajstić information content (AvgIpc) is 2.25. The van der Waals surface area contributed by atoms with Gasteiger partial charge in [-0.3, -0.25) is 4.79 Å². The summed E-state index contributed by atoms with van der Waals surface area (Å²) in [6, 6.07) is 5.74. The first-order valence-electron chi connectivity index (χ1n) is 6.00. The van der Waals surface area contributed by atoms with Crippen molar-refractivity contribution in [3.63, 3.8) is 0 Å². The molecular weight excluding hydrogens is 212 g/mol. The van der Waals surface area contributed by atoms with Gasteiger partial charge in [0.15, 0.2) is 5.78 Å². The molecule has 0 fully saturated rings. The number of hydrogen-bond donors (Lipinski definition) is 0. The third-order valence-corrected chi connectivity index (χ3v) is 2.82. The molecule has 0 amide bonds. The SMILES string of the molecule is COc1cc(C(=O)C(C)C)ccc1C(C)(C)C. The topological polar surface area (TPSA) is 26.3 Å². The van der Waals surface area contributed by atoms with Gasteiger partial charge >= 0.3 is 0 Å². The normalized spacial score (nSPS) is 11.7. The van der Waals surface area contributed by atoms with Crippen LogP contribution >= 0.6 is 0 Å². The molecule has 0 saturated heterocycles. The minimum atomic E-state index is 0.0141. The van der Waals surface area contributed by atoms with Crippen LogP contribution in [0.2, 0.25) is 0 Å². The molecule has 0 unspecified atom stereocenters. The summed E-state index contributed by atoms with van der Waals surface area (Å²) in [5.41, 5.74) is 1.87. The fraction of sp³-hybridized carbons (Fsp3) is 0.533. The van der Waals surface area contributed by atoms with Crippen LogP contribution in [0.25, 0.3) is 0 Å². The summed E-state index contributed by atoms with van der Waals surface area (Å²) < 4.78 is 5.39. The minimum Gasteiger partial charge on any atom is -0.496 e. The maximum Gasteiger partial charge on any atom is 0.165 e. The van der Waals surface area contributed by atoms with Crippen molar-refractivity contribution in [3.05, 3.63) is 29.3 Å². The Kier molecular flexibility index (Phi) is 3.97. The molecule has 0 radical (unpaired) electrons. The van der Waals surface area contributed by atoms with Gasteiger partial charge in [0, 0.05) is 11.5 Å². The number of benzene rings is 1. The molecule has 1 aromatic rings. The molecule has 0 saturated carbocycles. The molecule has 0 atom stereocenters. The van der Waals surface area contributed by atoms with Crippen molar-refractivity contribution < 1.29 is 9.53 Å². The Morgan fingerprint density at radius 1 is 1.24 bits per heavy atom. The molecule has 1 aromatic carbocycles. The molecule has 0 N–H and O–H groups in total. The Morgan fingerprint density at radius 2 is 1.82 bits per heavy atom. The summed E-state index contributed by atoms with van der Waals surface area (Å²) in [4.78, 5) is 11.9. The van der Waals surface area contributed by atoms with Crippen LogP contribution in [0.15, 0.2) is 18.2 Å². The fourth-order valence-corrected chi connectivity index (χ4v) is 1.80. The standard InChI is InChI=1S/C15H22O2/c1-10(2)14(16)11-7-8-12(15(3,4)5)13(9-11)17-6/h7-10H,1-6H3. The van der Waals surface area contributed by atoms with Crippen LogP contribution in [0.4, 0.5) is 0 Å². The molecule has 0 aliphatic carbocycles. The van der Waals surface area contributed by atoms with Crippen molar-refractivity contribution in [2.45, 2.75) is 40.0 Å². The van der Waals surface area contributed by atoms with Crippen molar-refractivity contribution in [1.82, 2.24) is 0 Å². The van der Waals surface area contributed by atoms with Crippen molar-refractivity contribution in [2.24, 2.45) is 5.92 Å². The molecule has 1 rings (SSSR count). The van der Waals surface area contributed by atoms with Gasteiger partial charge in [0.2, 0.25) is 0 Å². The van der Waals surface area contributed by atoms with Crippen molar-refractivity contribution in [1.29, 1.82) is 0 Å². The molecule has 0 heterocycles. The van der Waals surface area contributed by atoms with Gasteiger partial charge in [0.05, 0.1) is 7.11 Å². The lowest BCUT2D eigenvalue weighted by atomic mass is 9.85. The van der Waals surface area contributed by atoms with Crippen molar-refractivity contribution in [2.75, 3.05) is 7.11 Å². The molecule has 2 nitrogen and oxygen atoms in total. The van der Waals surface area contributed by atoms with Crippen molar-refractivity contribution in [3.8, 4) is 5.75 Å². The van der Waals surface area contributed by atoms with Gasteiger partial charge in [-0.15, -0.1) is 0 Å². The highest BCUT2D eigenvalue weighted by atomic mass is 16.5. The third kappa shape index (κ3) is 3.09. The first-order chi connectivity index (χ1) is 7.77. The van der Waals surface area contributed by atoms with E-state index in [0.29, 0.717) is 0 Å². The molecule has 2 heteroatoms. The number of carbonyl (C=O) groups is 1. The number of hydrogen-bond acceptors (Lipinski definition) is 2. The molecule has 0 spiro atoms. The van der Waals surface area contributed by atoms with E-state index in [9.17, 15) is 4.79 Å². The van der Waals surface area contributed by atoms with Crippen LogP contribution in [-0.4, -0.2) is 12.9 Å². The summed E-state index contributed by atoms with van der Waals surface area (Å²) in [6.45, 7) is 10.2. The predicted molar refractivity (Wildman–Crippen MR) is 70.9 cm³/mol. The molecule has 0 bridgehead atoms. The van der Waals surface area contributed by atoms with E-state index < -0.39 is 0 Å². The van der Waals surface area contributed by atoms with E-state index in [0.717, 1.165) is 16.9 Å². The highest BCUT2D eigenvalue weighted by Gasteiger charge is 2.20. The second-order valence-electron chi connectivity index (χ2n) is 5.68. The first kappa shape index (κ1) is 13.8. The van der Waals surface area contributed by atoms with Gasteiger partial charge < -0.3 is 4.74 Å². The number of rotatable bonds is 3. The van der Waals surface area contributed by atoms with E-state index in [1.807, 2.05) is 32.0 Å². The molecule has 17 heavy (non-hydrogen) atoms. The Morgan fingerprint density at radius 3 is 2.24 bits per heavy atom. The van der Waals surface area contributed by atoms with Gasteiger partial charge in [0.25, 0.3) is 0 Å². The number of methoxy groups -OCH3 is 1. The maximum atomic E-state index is 11.9. The van der Waals surface area contributed by atoms with Gasteiger partial charge in [-0.1, -0.05) is 46.8 Å². The Balaban J connectivity index is 3.23. The highest BCUT2D eigenvalue weighted by Crippen LogP contribution is 2.32. The second kappa shape index (κ2) is 4.91. The largest absolute Gasteiger partial charge is 0.496 e. The predicted octanol–water partition coefficient (Wildman–Crippen LogP) is 3.83. The zero-order valence-corrected chi connectivity index (χ0v) is 11.6. The van der Waals surface area contributed by atoms with Gasteiger partial charge in [-0.05, 0) is 17.0 Å². The smallest absolute Gasteiger partial charge is 0.165 e. The molecular formula is C15H22O2. The van der Waals surface area contributed by atoms with Gasteiger partial charge in [-0.2, -0.15) is 0 Å². The van der Waals surface area contributed by atoms with Crippen LogP contribution in [0.1, 0.15) is 50.5 Å². The average molecular weight is 234 g/mol. The van der Waals surface area contributed by atoms with E-state index in [1.165, 1.54) is 0 Å². The number of ether oxygens (including phenoxy) is 1. The van der Waals surface area contributed by atoms with E-state index in [1.54, 1.807) is 7.11 Å². The number of Topliss-reactive ketones (excluding diaryl/α,β-unsaturated/α-hetero) is 1. The molecule has 94 valence electrons. The Labute approximate surface area is 104 Å². The number of ketones is 1. The summed E-state index contributed by atoms with van der Waals surface area (Å²) in [5.74, 6) is 0.966. The third-order valence-electron chi connectivity index (χ3n) is 2.82. The lowest BCUT2D eigenvalue weighted by Crippen LogP contribution is -2.14. The monoisotopic (exact) mass is 234 g/mol. The second-order valence-corrected chi connectivity index (χ2v) is 5.68. The van der Waals surface area contributed by atoms with E-state index in [2.05, 4.69) is 20.8 Å². The summed E-state index contributed by atoms with van der Waals surface area (Å²) in [5, 5.41) is 0. The Bertz CT molecular complexity index is 411. The summed E-state index contributed by atoms with van der Waals surface area (Å²) >= 11 is 0. The maximum absolute atomic E-state index is 11.9. The molecule has 0 aliphatic rings. The van der Waals surface area contributed by atoms with Crippen molar-refractivity contribution >= 4 is 5.78 Å². The lowest BCUT2D eigenvalue weighted by molar-refractivity contribution is 0.0939. The number of carbonyl (C=O) groups excluding carboxylic acids is 1. The first-order valence-corrected chi connectivity index (χ1v) is 6.00. The van der Waals surface area contributed by atoms with Crippen LogP contribution in [0.3, 0.4) is 0 Å². The lowest BCUT2D eigenvalue weighted by Gasteiger charge is -2.22. The molecule has 0 aromatic heterocycles.